The van der Waals surface area contributed by atoms with E-state index in [1.165, 1.54) is 0 Å². The van der Waals surface area contributed by atoms with Crippen molar-refractivity contribution in [3.05, 3.63) is 35.4 Å². The summed E-state index contributed by atoms with van der Waals surface area (Å²) in [6.45, 7) is 2.28. The Morgan fingerprint density at radius 3 is 2.88 bits per heavy atom. The van der Waals surface area contributed by atoms with Gasteiger partial charge in [-0.05, 0) is 51.0 Å². The fraction of sp³-hybridized carbons (Fsp3) is 0.565. The number of anilines is 2. The van der Waals surface area contributed by atoms with Crippen LogP contribution in [0.15, 0.2) is 18.3 Å². The molecule has 0 unspecified atom stereocenters. The van der Waals surface area contributed by atoms with Crippen LogP contribution in [0.3, 0.4) is 0 Å². The van der Waals surface area contributed by atoms with Crippen molar-refractivity contribution in [2.24, 2.45) is 5.92 Å². The number of nitrogens with zero attached hydrogens (tertiary/aromatic N) is 4. The molecule has 0 aromatic carbocycles. The number of carbonyl (C=O) groups is 1. The van der Waals surface area contributed by atoms with E-state index in [2.05, 4.69) is 30.9 Å². The number of ether oxygens (including phenoxy) is 2. The van der Waals surface area contributed by atoms with Crippen molar-refractivity contribution in [1.29, 1.82) is 0 Å². The van der Waals surface area contributed by atoms with E-state index in [1.807, 2.05) is 19.2 Å². The van der Waals surface area contributed by atoms with Crippen molar-refractivity contribution in [2.45, 2.75) is 69.4 Å². The molecule has 3 aromatic rings. The summed E-state index contributed by atoms with van der Waals surface area (Å²) in [4.78, 5) is 16.8. The van der Waals surface area contributed by atoms with Gasteiger partial charge in [-0.2, -0.15) is 10.2 Å². The van der Waals surface area contributed by atoms with Crippen LogP contribution in [0, 0.1) is 12.8 Å². The molecule has 11 heteroatoms. The SMILES string of the molecule is COCc1cc2c(Nc3cc([C@@H]4CC[C@H](OC(=O)NC56CC(C5)C6)[C@@H]4F)[nH]n3)nc(C)cn2n1. The number of alkyl halides is 1. The highest BCUT2D eigenvalue weighted by atomic mass is 19.1. The van der Waals surface area contributed by atoms with Crippen LogP contribution in [0.1, 0.15) is 55.1 Å². The number of alkyl carbamates (subject to hydrolysis) is 1. The summed E-state index contributed by atoms with van der Waals surface area (Å²) in [5, 5.41) is 17.9. The highest BCUT2D eigenvalue weighted by molar-refractivity contribution is 5.72. The molecule has 0 saturated heterocycles. The zero-order valence-corrected chi connectivity index (χ0v) is 19.2. The van der Waals surface area contributed by atoms with E-state index >= 15 is 4.39 Å². The zero-order chi connectivity index (χ0) is 23.4. The fourth-order valence-corrected chi connectivity index (χ4v) is 5.57. The predicted octanol–water partition coefficient (Wildman–Crippen LogP) is 3.51. The molecule has 3 N–H and O–H groups in total. The first-order valence-electron chi connectivity index (χ1n) is 11.7. The molecule has 2 bridgehead atoms. The van der Waals surface area contributed by atoms with Gasteiger partial charge < -0.3 is 20.1 Å². The number of fused-ring (bicyclic) bond motifs is 1. The Morgan fingerprint density at radius 2 is 2.15 bits per heavy atom. The van der Waals surface area contributed by atoms with Crippen LogP contribution in [0.4, 0.5) is 20.8 Å². The number of hydrogen-bond acceptors (Lipinski definition) is 7. The van der Waals surface area contributed by atoms with Gasteiger partial charge in [-0.1, -0.05) is 0 Å². The molecule has 0 aliphatic heterocycles. The largest absolute Gasteiger partial charge is 0.443 e. The minimum absolute atomic E-state index is 0.0788. The van der Waals surface area contributed by atoms with Gasteiger partial charge in [-0.15, -0.1) is 0 Å². The Labute approximate surface area is 195 Å². The van der Waals surface area contributed by atoms with Gasteiger partial charge in [0.15, 0.2) is 11.6 Å². The summed E-state index contributed by atoms with van der Waals surface area (Å²) in [6.07, 6.45) is 3.42. The number of methoxy groups -OCH3 is 1. The molecule has 10 nitrogen and oxygen atoms in total. The molecule has 3 heterocycles. The van der Waals surface area contributed by atoms with Crippen molar-refractivity contribution in [3.63, 3.8) is 0 Å². The molecular weight excluding hydrogens is 441 g/mol. The van der Waals surface area contributed by atoms with Gasteiger partial charge in [0.25, 0.3) is 0 Å². The van der Waals surface area contributed by atoms with Crippen LogP contribution in [0.25, 0.3) is 5.52 Å². The molecular formula is C23H28FN7O3. The molecule has 7 rings (SSSR count). The standard InChI is InChI=1S/C23H28FN7O3/c1-12-10-31-17(5-14(30-31)11-33-2)21(25-12)26-19-6-16(28-29-19)15-3-4-18(20(15)24)34-22(32)27-23-7-13(8-23)9-23/h5-6,10,13,15,18,20H,3-4,7-9,11H2,1-2H3,(H,27,32)(H2,25,26,28,29)/t13?,15-,18-,20+,23?/m0/s1. The monoisotopic (exact) mass is 469 g/mol. The smallest absolute Gasteiger partial charge is 0.407 e. The molecule has 180 valence electrons. The number of hydrogen-bond donors (Lipinski definition) is 3. The van der Waals surface area contributed by atoms with Crippen molar-refractivity contribution in [3.8, 4) is 0 Å². The lowest BCUT2D eigenvalue weighted by atomic mass is 9.50. The summed E-state index contributed by atoms with van der Waals surface area (Å²) < 4.78 is 27.6. The third-order valence-corrected chi connectivity index (χ3v) is 7.33. The van der Waals surface area contributed by atoms with E-state index in [4.69, 9.17) is 9.47 Å². The number of nitrogens with one attached hydrogen (secondary N) is 3. The second-order valence-electron chi connectivity index (χ2n) is 9.92. The maximum atomic E-state index is 15.2. The van der Waals surface area contributed by atoms with Gasteiger partial charge in [0, 0.05) is 30.3 Å². The first-order chi connectivity index (χ1) is 16.4. The summed E-state index contributed by atoms with van der Waals surface area (Å²) in [7, 11) is 1.62. The van der Waals surface area contributed by atoms with Gasteiger partial charge in [0.1, 0.15) is 17.8 Å². The Kier molecular flexibility index (Phi) is 4.98. The van der Waals surface area contributed by atoms with E-state index in [9.17, 15) is 4.79 Å². The number of aromatic amines is 1. The third kappa shape index (κ3) is 3.67. The van der Waals surface area contributed by atoms with Crippen LogP contribution in [0.2, 0.25) is 0 Å². The van der Waals surface area contributed by atoms with Gasteiger partial charge in [0.2, 0.25) is 0 Å². The Morgan fingerprint density at radius 1 is 1.32 bits per heavy atom. The summed E-state index contributed by atoms with van der Waals surface area (Å²) >= 11 is 0. The molecule has 0 spiro atoms. The van der Waals surface area contributed by atoms with Crippen molar-refractivity contribution in [1.82, 2.24) is 30.1 Å². The van der Waals surface area contributed by atoms with Crippen LogP contribution in [-0.2, 0) is 16.1 Å². The van der Waals surface area contributed by atoms with Gasteiger partial charge in [-0.25, -0.2) is 18.7 Å². The molecule has 4 aliphatic rings. The summed E-state index contributed by atoms with van der Waals surface area (Å²) in [5.74, 6) is 1.47. The normalized spacial score (nSPS) is 29.5. The summed E-state index contributed by atoms with van der Waals surface area (Å²) in [6, 6.07) is 3.69. The Bertz CT molecular complexity index is 1220. The predicted molar refractivity (Wildman–Crippen MR) is 121 cm³/mol. The molecule has 4 aliphatic carbocycles. The van der Waals surface area contributed by atoms with Crippen LogP contribution < -0.4 is 10.6 Å². The average molecular weight is 470 g/mol. The number of carbonyl (C=O) groups excluding carboxylic acids is 1. The van der Waals surface area contributed by atoms with E-state index < -0.39 is 24.3 Å². The van der Waals surface area contributed by atoms with Crippen molar-refractivity contribution >= 4 is 23.2 Å². The highest BCUT2D eigenvalue weighted by Crippen LogP contribution is 2.57. The number of aryl methyl sites for hydroxylation is 1. The lowest BCUT2D eigenvalue weighted by Crippen LogP contribution is -2.68. The molecule has 4 fully saturated rings. The number of aromatic nitrogens is 5. The van der Waals surface area contributed by atoms with E-state index in [0.717, 1.165) is 42.1 Å². The minimum atomic E-state index is -1.29. The average Bonchev–Trinajstić information content (AvgIpc) is 3.44. The van der Waals surface area contributed by atoms with Gasteiger partial charge in [0.05, 0.1) is 24.2 Å². The third-order valence-electron chi connectivity index (χ3n) is 7.33. The maximum absolute atomic E-state index is 15.2. The number of halogens is 1. The van der Waals surface area contributed by atoms with E-state index in [1.54, 1.807) is 17.7 Å². The van der Waals surface area contributed by atoms with E-state index in [0.29, 0.717) is 36.8 Å². The maximum Gasteiger partial charge on any atom is 0.407 e. The number of H-pyrrole nitrogens is 1. The van der Waals surface area contributed by atoms with E-state index in [-0.39, 0.29) is 5.54 Å². The Balaban J connectivity index is 1.12. The number of rotatable bonds is 7. The molecule has 1 amide bonds. The van der Waals surface area contributed by atoms with Crippen molar-refractivity contribution in [2.75, 3.05) is 12.4 Å². The van der Waals surface area contributed by atoms with Gasteiger partial charge >= 0.3 is 6.09 Å². The summed E-state index contributed by atoms with van der Waals surface area (Å²) in [5.41, 5.74) is 2.95. The lowest BCUT2D eigenvalue weighted by Gasteiger charge is -2.61. The number of amides is 1. The minimum Gasteiger partial charge on any atom is -0.443 e. The zero-order valence-electron chi connectivity index (χ0n) is 19.2. The van der Waals surface area contributed by atoms with Gasteiger partial charge in [-0.3, -0.25) is 5.10 Å². The molecule has 3 atom stereocenters. The van der Waals surface area contributed by atoms with Crippen LogP contribution in [-0.4, -0.2) is 55.8 Å². The topological polar surface area (TPSA) is 118 Å². The first kappa shape index (κ1) is 21.3. The van der Waals surface area contributed by atoms with Crippen LogP contribution in [0.5, 0.6) is 0 Å². The Hall–Kier alpha value is -3.21. The lowest BCUT2D eigenvalue weighted by molar-refractivity contribution is -0.0532. The second-order valence-corrected chi connectivity index (χ2v) is 9.92. The second kappa shape index (κ2) is 7.93. The highest BCUT2D eigenvalue weighted by Gasteiger charge is 2.58. The van der Waals surface area contributed by atoms with Crippen LogP contribution >= 0.6 is 0 Å². The molecule has 4 saturated carbocycles. The fourth-order valence-electron chi connectivity index (χ4n) is 5.57. The molecule has 34 heavy (non-hydrogen) atoms. The molecule has 3 aromatic heterocycles. The molecule has 0 radical (unpaired) electrons. The van der Waals surface area contributed by atoms with Crippen molar-refractivity contribution < 1.29 is 18.7 Å². The quantitative estimate of drug-likeness (QED) is 0.485. The first-order valence-corrected chi connectivity index (χ1v) is 11.7.